The number of amides is 1. The second-order valence-corrected chi connectivity index (χ2v) is 6.01. The van der Waals surface area contributed by atoms with Crippen molar-refractivity contribution in [2.45, 2.75) is 38.1 Å². The van der Waals surface area contributed by atoms with Crippen LogP contribution in [0.5, 0.6) is 0 Å². The minimum absolute atomic E-state index is 0.244. The molecule has 0 spiro atoms. The Bertz CT molecular complexity index is 301. The first kappa shape index (κ1) is 12.4. The molecule has 0 aromatic rings. The molecule has 0 aromatic heterocycles. The maximum absolute atomic E-state index is 12.5. The predicted molar refractivity (Wildman–Crippen MR) is 71.4 cm³/mol. The maximum atomic E-state index is 12.5. The van der Waals surface area contributed by atoms with Crippen LogP contribution < -0.4 is 5.32 Å². The van der Waals surface area contributed by atoms with Gasteiger partial charge in [0.05, 0.1) is 5.92 Å². The van der Waals surface area contributed by atoms with E-state index in [9.17, 15) is 4.79 Å². The molecule has 18 heavy (non-hydrogen) atoms. The Labute approximate surface area is 110 Å². The van der Waals surface area contributed by atoms with Crippen LogP contribution in [0.2, 0.25) is 0 Å². The molecule has 0 saturated carbocycles. The third-order valence-corrected chi connectivity index (χ3v) is 4.80. The number of piperidine rings is 2. The Balaban J connectivity index is 1.57. The number of piperazine rings is 1. The molecule has 4 heteroatoms. The molecule has 3 heterocycles. The van der Waals surface area contributed by atoms with Gasteiger partial charge in [0, 0.05) is 32.2 Å². The fourth-order valence-electron chi connectivity index (χ4n) is 3.68. The third-order valence-electron chi connectivity index (χ3n) is 4.80. The van der Waals surface area contributed by atoms with E-state index < -0.39 is 0 Å². The first-order valence-electron chi connectivity index (χ1n) is 7.58. The van der Waals surface area contributed by atoms with Crippen LogP contribution in [0.15, 0.2) is 0 Å². The largest absolute Gasteiger partial charge is 0.340 e. The van der Waals surface area contributed by atoms with E-state index in [-0.39, 0.29) is 5.92 Å². The Morgan fingerprint density at radius 3 is 2.83 bits per heavy atom. The van der Waals surface area contributed by atoms with E-state index in [1.807, 2.05) is 0 Å². The van der Waals surface area contributed by atoms with Gasteiger partial charge in [-0.3, -0.25) is 9.69 Å². The maximum Gasteiger partial charge on any atom is 0.227 e. The van der Waals surface area contributed by atoms with Crippen LogP contribution in [-0.4, -0.2) is 61.0 Å². The average molecular weight is 251 g/mol. The Hall–Kier alpha value is -0.610. The predicted octanol–water partition coefficient (Wildman–Crippen LogP) is 0.683. The lowest BCUT2D eigenvalue weighted by atomic mass is 9.95. The Morgan fingerprint density at radius 1 is 1.06 bits per heavy atom. The zero-order valence-electron chi connectivity index (χ0n) is 11.2. The summed E-state index contributed by atoms with van der Waals surface area (Å²) in [6.45, 7) is 6.25. The van der Waals surface area contributed by atoms with Crippen LogP contribution in [0.1, 0.15) is 32.1 Å². The second-order valence-electron chi connectivity index (χ2n) is 6.01. The van der Waals surface area contributed by atoms with E-state index in [2.05, 4.69) is 15.1 Å². The topological polar surface area (TPSA) is 35.6 Å². The average Bonchev–Trinajstić information content (AvgIpc) is 2.47. The van der Waals surface area contributed by atoms with Crippen LogP contribution in [0.4, 0.5) is 0 Å². The minimum Gasteiger partial charge on any atom is -0.340 e. The number of fused-ring (bicyclic) bond motifs is 1. The van der Waals surface area contributed by atoms with Gasteiger partial charge in [-0.05, 0) is 38.8 Å². The van der Waals surface area contributed by atoms with E-state index in [1.54, 1.807) is 0 Å². The number of carbonyl (C=O) groups is 1. The van der Waals surface area contributed by atoms with Crippen molar-refractivity contribution in [2.75, 3.05) is 39.3 Å². The lowest BCUT2D eigenvalue weighted by Crippen LogP contribution is -2.57. The normalized spacial score (nSPS) is 34.1. The molecule has 3 saturated heterocycles. The van der Waals surface area contributed by atoms with Gasteiger partial charge >= 0.3 is 0 Å². The van der Waals surface area contributed by atoms with Gasteiger partial charge in [0.1, 0.15) is 0 Å². The van der Waals surface area contributed by atoms with Crippen LogP contribution in [0, 0.1) is 5.92 Å². The summed E-state index contributed by atoms with van der Waals surface area (Å²) in [4.78, 5) is 17.2. The van der Waals surface area contributed by atoms with Gasteiger partial charge < -0.3 is 10.2 Å². The highest BCUT2D eigenvalue weighted by Crippen LogP contribution is 2.23. The van der Waals surface area contributed by atoms with Gasteiger partial charge in [0.2, 0.25) is 5.91 Å². The van der Waals surface area contributed by atoms with E-state index in [0.29, 0.717) is 11.9 Å². The SMILES string of the molecule is O=C(C1CCCNC1)N1CCN2CCCCC2C1. The summed E-state index contributed by atoms with van der Waals surface area (Å²) in [6, 6.07) is 0.646. The number of nitrogens with zero attached hydrogens (tertiary/aromatic N) is 2. The molecule has 2 unspecified atom stereocenters. The summed E-state index contributed by atoms with van der Waals surface area (Å²) < 4.78 is 0. The molecule has 102 valence electrons. The van der Waals surface area contributed by atoms with Crippen LogP contribution in [0.3, 0.4) is 0 Å². The zero-order valence-corrected chi connectivity index (χ0v) is 11.2. The van der Waals surface area contributed by atoms with Gasteiger partial charge in [0.25, 0.3) is 0 Å². The van der Waals surface area contributed by atoms with Crippen molar-refractivity contribution in [2.24, 2.45) is 5.92 Å². The smallest absolute Gasteiger partial charge is 0.227 e. The molecule has 0 bridgehead atoms. The van der Waals surface area contributed by atoms with Crippen molar-refractivity contribution in [3.05, 3.63) is 0 Å². The number of hydrogen-bond acceptors (Lipinski definition) is 3. The summed E-state index contributed by atoms with van der Waals surface area (Å²) in [5.74, 6) is 0.654. The number of rotatable bonds is 1. The Morgan fingerprint density at radius 2 is 2.00 bits per heavy atom. The van der Waals surface area contributed by atoms with Gasteiger partial charge in [0.15, 0.2) is 0 Å². The molecule has 4 nitrogen and oxygen atoms in total. The summed E-state index contributed by atoms with van der Waals surface area (Å²) in [5, 5.41) is 3.35. The monoisotopic (exact) mass is 251 g/mol. The summed E-state index contributed by atoms with van der Waals surface area (Å²) >= 11 is 0. The standard InChI is InChI=1S/C14H25N3O/c18-14(12-4-3-6-15-10-12)17-9-8-16-7-2-1-5-13(16)11-17/h12-13,15H,1-11H2. The van der Waals surface area contributed by atoms with Crippen molar-refractivity contribution in [1.82, 2.24) is 15.1 Å². The van der Waals surface area contributed by atoms with Gasteiger partial charge in [-0.15, -0.1) is 0 Å². The van der Waals surface area contributed by atoms with Crippen molar-refractivity contribution in [1.29, 1.82) is 0 Å². The van der Waals surface area contributed by atoms with E-state index in [4.69, 9.17) is 0 Å². The molecule has 0 radical (unpaired) electrons. The van der Waals surface area contributed by atoms with Crippen molar-refractivity contribution in [3.8, 4) is 0 Å². The van der Waals surface area contributed by atoms with Crippen LogP contribution in [-0.2, 0) is 4.79 Å². The summed E-state index contributed by atoms with van der Waals surface area (Å²) in [5.41, 5.74) is 0. The molecular weight excluding hydrogens is 226 g/mol. The fourth-order valence-corrected chi connectivity index (χ4v) is 3.68. The molecule has 3 aliphatic heterocycles. The lowest BCUT2D eigenvalue weighted by Gasteiger charge is -2.45. The van der Waals surface area contributed by atoms with Crippen molar-refractivity contribution >= 4 is 5.91 Å². The highest BCUT2D eigenvalue weighted by Gasteiger charge is 2.33. The van der Waals surface area contributed by atoms with Gasteiger partial charge in [-0.2, -0.15) is 0 Å². The van der Waals surface area contributed by atoms with E-state index >= 15 is 0 Å². The van der Waals surface area contributed by atoms with E-state index in [1.165, 1.54) is 25.8 Å². The van der Waals surface area contributed by atoms with E-state index in [0.717, 1.165) is 45.6 Å². The molecule has 1 N–H and O–H groups in total. The van der Waals surface area contributed by atoms with Crippen LogP contribution >= 0.6 is 0 Å². The molecule has 3 fully saturated rings. The van der Waals surface area contributed by atoms with Crippen molar-refractivity contribution in [3.63, 3.8) is 0 Å². The molecule has 3 rings (SSSR count). The quantitative estimate of drug-likeness (QED) is 0.744. The molecular formula is C14H25N3O. The highest BCUT2D eigenvalue weighted by atomic mass is 16.2. The first-order valence-corrected chi connectivity index (χ1v) is 7.58. The molecule has 3 aliphatic rings. The first-order chi connectivity index (χ1) is 8.84. The summed E-state index contributed by atoms with van der Waals surface area (Å²) in [6.07, 6.45) is 6.20. The van der Waals surface area contributed by atoms with Gasteiger partial charge in [-0.25, -0.2) is 0 Å². The molecule has 2 atom stereocenters. The Kier molecular flexibility index (Phi) is 3.85. The second kappa shape index (κ2) is 5.57. The number of hydrogen-bond donors (Lipinski definition) is 1. The van der Waals surface area contributed by atoms with Gasteiger partial charge in [-0.1, -0.05) is 6.42 Å². The number of nitrogens with one attached hydrogen (secondary N) is 1. The lowest BCUT2D eigenvalue weighted by molar-refractivity contribution is -0.139. The number of carbonyl (C=O) groups excluding carboxylic acids is 1. The third kappa shape index (κ3) is 2.54. The molecule has 1 amide bonds. The minimum atomic E-state index is 0.244. The highest BCUT2D eigenvalue weighted by molar-refractivity contribution is 5.79. The van der Waals surface area contributed by atoms with Crippen LogP contribution in [0.25, 0.3) is 0 Å². The van der Waals surface area contributed by atoms with Crippen molar-refractivity contribution < 1.29 is 4.79 Å². The molecule has 0 aliphatic carbocycles. The zero-order chi connectivity index (χ0) is 12.4. The fraction of sp³-hybridized carbons (Fsp3) is 0.929. The molecule has 0 aromatic carbocycles. The summed E-state index contributed by atoms with van der Waals surface area (Å²) in [7, 11) is 0.